The Morgan fingerprint density at radius 2 is 0.982 bits per heavy atom. The molecule has 8 aliphatic rings. The van der Waals surface area contributed by atoms with Crippen LogP contribution < -0.4 is 31.1 Å². The lowest BCUT2D eigenvalue weighted by molar-refractivity contribution is -0.138. The minimum Gasteiger partial charge on any atom is -0.371 e. The largest absolute Gasteiger partial charge is 0.371 e. The van der Waals surface area contributed by atoms with E-state index in [1.807, 2.05) is 24.3 Å². The van der Waals surface area contributed by atoms with Gasteiger partial charge in [-0.2, -0.15) is 0 Å². The van der Waals surface area contributed by atoms with Gasteiger partial charge in [-0.05, 0) is 99.1 Å². The number of amides is 6. The van der Waals surface area contributed by atoms with Crippen molar-refractivity contribution in [1.82, 2.24) is 31.1 Å². The molecule has 2 aromatic carbocycles. The first-order valence-electron chi connectivity index (χ1n) is 19.6. The van der Waals surface area contributed by atoms with Crippen LogP contribution in [0, 0.1) is 10.8 Å². The number of halogens is 3. The monoisotopic (exact) mass is 844 g/mol. The first-order chi connectivity index (χ1) is 26.1. The molecule has 4 unspecified atom stereocenters. The molecule has 4 atom stereocenters. The molecule has 0 bridgehead atoms. The summed E-state index contributed by atoms with van der Waals surface area (Å²) in [6.45, 7) is 9.49. The quantitative estimate of drug-likeness (QED) is 0.337. The molecule has 6 saturated heterocycles. The molecule has 308 valence electrons. The zero-order valence-electron chi connectivity index (χ0n) is 31.8. The van der Waals surface area contributed by atoms with Crippen molar-refractivity contribution in [1.29, 1.82) is 0 Å². The molecule has 0 radical (unpaired) electrons. The Bertz CT molecular complexity index is 1820. The summed E-state index contributed by atoms with van der Waals surface area (Å²) < 4.78 is 0. The van der Waals surface area contributed by atoms with Gasteiger partial charge in [-0.15, -0.1) is 37.2 Å². The van der Waals surface area contributed by atoms with Crippen LogP contribution in [0.25, 0.3) is 0 Å². The normalized spacial score (nSPS) is 28.8. The number of rotatable bonds is 4. The zero-order chi connectivity index (χ0) is 37.2. The van der Waals surface area contributed by atoms with E-state index in [0.717, 1.165) is 74.9 Å². The molecule has 17 heteroatoms. The van der Waals surface area contributed by atoms with Crippen molar-refractivity contribution in [2.75, 3.05) is 62.2 Å². The van der Waals surface area contributed by atoms with E-state index in [-0.39, 0.29) is 85.5 Å². The second-order valence-electron chi connectivity index (χ2n) is 16.7. The minimum absolute atomic E-state index is 0. The summed E-state index contributed by atoms with van der Waals surface area (Å²) in [5.74, 6) is -1.45. The molecular formula is C40H51Cl3N8O6. The van der Waals surface area contributed by atoms with E-state index in [1.165, 1.54) is 25.7 Å². The number of nitrogens with one attached hydrogen (secondary N) is 4. The molecule has 8 heterocycles. The predicted molar refractivity (Wildman–Crippen MR) is 220 cm³/mol. The van der Waals surface area contributed by atoms with E-state index in [1.54, 1.807) is 9.80 Å². The van der Waals surface area contributed by atoms with Crippen molar-refractivity contribution in [2.24, 2.45) is 10.8 Å². The van der Waals surface area contributed by atoms with Crippen LogP contribution in [-0.4, -0.2) is 110 Å². The molecule has 8 aliphatic heterocycles. The summed E-state index contributed by atoms with van der Waals surface area (Å²) in [5.41, 5.74) is 6.44. The molecule has 2 aromatic rings. The zero-order valence-corrected chi connectivity index (χ0v) is 34.3. The Hall–Kier alpha value is -3.95. The highest BCUT2D eigenvalue weighted by molar-refractivity contribution is 6.06. The van der Waals surface area contributed by atoms with Crippen molar-refractivity contribution in [2.45, 2.75) is 76.5 Å². The molecule has 6 fully saturated rings. The van der Waals surface area contributed by atoms with Crippen LogP contribution in [-0.2, 0) is 32.3 Å². The van der Waals surface area contributed by atoms with Gasteiger partial charge >= 0.3 is 0 Å². The van der Waals surface area contributed by atoms with Gasteiger partial charge in [0.15, 0.2) is 0 Å². The van der Waals surface area contributed by atoms with Crippen molar-refractivity contribution in [3.05, 3.63) is 58.7 Å². The van der Waals surface area contributed by atoms with Crippen LogP contribution in [0.1, 0.15) is 83.2 Å². The van der Waals surface area contributed by atoms with Crippen molar-refractivity contribution in [3.63, 3.8) is 0 Å². The predicted octanol–water partition coefficient (Wildman–Crippen LogP) is 2.54. The van der Waals surface area contributed by atoms with E-state index in [2.05, 4.69) is 43.2 Å². The molecule has 0 aromatic heterocycles. The van der Waals surface area contributed by atoms with E-state index >= 15 is 0 Å². The first kappa shape index (κ1) is 42.7. The summed E-state index contributed by atoms with van der Waals surface area (Å²) >= 11 is 0. The lowest BCUT2D eigenvalue weighted by Crippen LogP contribution is -2.52. The molecular weight excluding hydrogens is 795 g/mol. The summed E-state index contributed by atoms with van der Waals surface area (Å²) in [7, 11) is 0. The van der Waals surface area contributed by atoms with Gasteiger partial charge in [0.05, 0.1) is 0 Å². The summed E-state index contributed by atoms with van der Waals surface area (Å²) in [6.07, 6.45) is 6.25. The van der Waals surface area contributed by atoms with Crippen molar-refractivity contribution in [3.8, 4) is 0 Å². The number of nitrogens with zero attached hydrogens (tertiary/aromatic N) is 4. The van der Waals surface area contributed by atoms with Crippen LogP contribution >= 0.6 is 37.2 Å². The Labute approximate surface area is 350 Å². The molecule has 14 nitrogen and oxygen atoms in total. The van der Waals surface area contributed by atoms with Gasteiger partial charge < -0.3 is 30.2 Å². The third-order valence-corrected chi connectivity index (χ3v) is 13.3. The fourth-order valence-electron chi connectivity index (χ4n) is 10.1. The standard InChI is InChI=1S/2C20H24N4O3.3ClH/c2*25-17-4-3-16(18(26)22-17)24-10-13-9-14(1-2-15(13)19(24)27)23-8-6-20(12-23)5-7-21-11-20;;;/h2*1-2,9,16,21H,3-8,10-12H2,(H,22,25,26);3*1H. The molecule has 2 spiro atoms. The number of fused-ring (bicyclic) bond motifs is 2. The van der Waals surface area contributed by atoms with Gasteiger partial charge in [0.25, 0.3) is 11.8 Å². The highest BCUT2D eigenvalue weighted by Crippen LogP contribution is 2.41. The van der Waals surface area contributed by atoms with Crippen LogP contribution in [0.3, 0.4) is 0 Å². The number of carbonyl (C=O) groups is 6. The summed E-state index contributed by atoms with van der Waals surface area (Å²) in [4.78, 5) is 80.8. The fourth-order valence-corrected chi connectivity index (χ4v) is 10.1. The van der Waals surface area contributed by atoms with E-state index in [0.29, 0.717) is 47.9 Å². The third-order valence-electron chi connectivity index (χ3n) is 13.3. The molecule has 57 heavy (non-hydrogen) atoms. The van der Waals surface area contributed by atoms with Crippen LogP contribution in [0.15, 0.2) is 36.4 Å². The Kier molecular flexibility index (Phi) is 12.5. The number of hydrogen-bond acceptors (Lipinski definition) is 10. The topological polar surface area (TPSA) is 163 Å². The maximum absolute atomic E-state index is 12.8. The highest BCUT2D eigenvalue weighted by atomic mass is 35.5. The maximum atomic E-state index is 12.8. The highest BCUT2D eigenvalue weighted by Gasteiger charge is 2.44. The van der Waals surface area contributed by atoms with Crippen LogP contribution in [0.4, 0.5) is 11.4 Å². The van der Waals surface area contributed by atoms with Crippen LogP contribution in [0.5, 0.6) is 0 Å². The molecule has 6 amide bonds. The second kappa shape index (κ2) is 16.7. The number of imide groups is 2. The smallest absolute Gasteiger partial charge is 0.255 e. The fraction of sp³-hybridized carbons (Fsp3) is 0.550. The Morgan fingerprint density at radius 3 is 1.35 bits per heavy atom. The van der Waals surface area contributed by atoms with Crippen molar-refractivity contribution < 1.29 is 28.8 Å². The number of piperidine rings is 2. The van der Waals surface area contributed by atoms with Gasteiger partial charge in [-0.25, -0.2) is 0 Å². The number of carbonyl (C=O) groups excluding carboxylic acids is 6. The second-order valence-corrected chi connectivity index (χ2v) is 16.7. The Morgan fingerprint density at radius 1 is 0.561 bits per heavy atom. The average molecular weight is 846 g/mol. The lowest BCUT2D eigenvalue weighted by Gasteiger charge is -2.29. The molecule has 10 rings (SSSR count). The minimum atomic E-state index is -0.550. The SMILES string of the molecule is Cl.Cl.Cl.O=C1CCC(N2Cc3cc(N4CCC5(CCNC5)C4)ccc3C2=O)C(=O)N1.O=C1CCC(N2Cc3cc(N4CCC5(CCNC5)C4)ccc3C2=O)C(=O)N1. The van der Waals surface area contributed by atoms with Gasteiger partial charge in [-0.1, -0.05) is 0 Å². The van der Waals surface area contributed by atoms with E-state index in [4.69, 9.17) is 0 Å². The Balaban J connectivity index is 0.000000183. The first-order valence-corrected chi connectivity index (χ1v) is 19.6. The third kappa shape index (κ3) is 7.95. The lowest BCUT2D eigenvalue weighted by atomic mass is 9.86. The van der Waals surface area contributed by atoms with Gasteiger partial charge in [0.1, 0.15) is 12.1 Å². The maximum Gasteiger partial charge on any atom is 0.255 e. The van der Waals surface area contributed by atoms with Crippen molar-refractivity contribution >= 4 is 84.0 Å². The van der Waals surface area contributed by atoms with Gasteiger partial charge in [-0.3, -0.25) is 39.4 Å². The van der Waals surface area contributed by atoms with E-state index < -0.39 is 12.1 Å². The summed E-state index contributed by atoms with van der Waals surface area (Å²) in [6, 6.07) is 11.0. The van der Waals surface area contributed by atoms with Crippen LogP contribution in [0.2, 0.25) is 0 Å². The average Bonchev–Trinajstić information content (AvgIpc) is 4.03. The van der Waals surface area contributed by atoms with Gasteiger partial charge in [0.2, 0.25) is 23.6 Å². The van der Waals surface area contributed by atoms with Gasteiger partial charge in [0, 0.05) is 98.5 Å². The number of hydrogen-bond donors (Lipinski definition) is 4. The molecule has 0 saturated carbocycles. The molecule has 4 N–H and O–H groups in total. The summed E-state index contributed by atoms with van der Waals surface area (Å²) in [5, 5.41) is 11.7. The number of benzene rings is 2. The van der Waals surface area contributed by atoms with E-state index in [9.17, 15) is 28.8 Å². The molecule has 0 aliphatic carbocycles. The number of anilines is 2.